The van der Waals surface area contributed by atoms with Gasteiger partial charge >= 0.3 is 5.97 Å². The lowest BCUT2D eigenvalue weighted by Gasteiger charge is -2.20. The third-order valence-corrected chi connectivity index (χ3v) is 3.03. The van der Waals surface area contributed by atoms with Crippen molar-refractivity contribution < 1.29 is 24.6 Å². The minimum absolute atomic E-state index is 0.00400. The molecule has 0 spiro atoms. The van der Waals surface area contributed by atoms with E-state index in [1.54, 1.807) is 6.92 Å². The summed E-state index contributed by atoms with van der Waals surface area (Å²) >= 11 is 0. The van der Waals surface area contributed by atoms with Gasteiger partial charge in [0, 0.05) is 26.0 Å². The molecule has 0 aromatic heterocycles. The number of hydrogen-bond donors (Lipinski definition) is 4. The van der Waals surface area contributed by atoms with Gasteiger partial charge in [-0.1, -0.05) is 20.3 Å². The molecule has 0 saturated carbocycles. The van der Waals surface area contributed by atoms with Crippen molar-refractivity contribution in [1.29, 1.82) is 0 Å². The maximum absolute atomic E-state index is 11.6. The van der Waals surface area contributed by atoms with Crippen LogP contribution in [0.2, 0.25) is 0 Å². The predicted molar refractivity (Wildman–Crippen MR) is 73.0 cm³/mol. The minimum atomic E-state index is -1.07. The molecular weight excluding hydrogens is 264 g/mol. The quantitative estimate of drug-likeness (QED) is 0.418. The Labute approximate surface area is 118 Å². The Balaban J connectivity index is 4.08. The zero-order chi connectivity index (χ0) is 15.5. The van der Waals surface area contributed by atoms with E-state index >= 15 is 0 Å². The van der Waals surface area contributed by atoms with Gasteiger partial charge in [0.15, 0.2) is 0 Å². The van der Waals surface area contributed by atoms with E-state index < -0.39 is 17.9 Å². The zero-order valence-corrected chi connectivity index (χ0v) is 12.0. The summed E-state index contributed by atoms with van der Waals surface area (Å²) in [6, 6.07) is -0.926. The number of carbonyl (C=O) groups is 3. The van der Waals surface area contributed by atoms with Gasteiger partial charge in [0.05, 0.1) is 0 Å². The fourth-order valence-electron chi connectivity index (χ4n) is 1.55. The molecule has 7 nitrogen and oxygen atoms in total. The molecule has 0 rings (SSSR count). The summed E-state index contributed by atoms with van der Waals surface area (Å²) in [5.41, 5.74) is 0. The number of aliphatic hydroxyl groups excluding tert-OH is 1. The lowest BCUT2D eigenvalue weighted by molar-refractivity contribution is -0.143. The molecule has 2 amide bonds. The molecule has 0 saturated heterocycles. The SMILES string of the molecule is CCC(C)C(NC(=O)CCC(=O)NCCCO)C(=O)O. The molecule has 0 aliphatic rings. The summed E-state index contributed by atoms with van der Waals surface area (Å²) < 4.78 is 0. The second-order valence-corrected chi connectivity index (χ2v) is 4.70. The van der Waals surface area contributed by atoms with Crippen LogP contribution in [0.15, 0.2) is 0 Å². The van der Waals surface area contributed by atoms with Crippen LogP contribution in [-0.2, 0) is 14.4 Å². The van der Waals surface area contributed by atoms with Crippen molar-refractivity contribution in [2.24, 2.45) is 5.92 Å². The standard InChI is InChI=1S/C13H24N2O5/c1-3-9(2)12(13(19)20)15-11(18)6-5-10(17)14-7-4-8-16/h9,12,16H,3-8H2,1-2H3,(H,14,17)(H,15,18)(H,19,20). The molecule has 2 unspecified atom stereocenters. The van der Waals surface area contributed by atoms with Crippen LogP contribution >= 0.6 is 0 Å². The van der Waals surface area contributed by atoms with Crippen molar-refractivity contribution in [3.8, 4) is 0 Å². The van der Waals surface area contributed by atoms with Crippen LogP contribution in [0, 0.1) is 5.92 Å². The summed E-state index contributed by atoms with van der Waals surface area (Å²) in [4.78, 5) is 34.0. The van der Waals surface area contributed by atoms with Crippen LogP contribution in [0.25, 0.3) is 0 Å². The van der Waals surface area contributed by atoms with Gasteiger partial charge in [0.1, 0.15) is 6.04 Å². The third kappa shape index (κ3) is 7.73. The second-order valence-electron chi connectivity index (χ2n) is 4.70. The Morgan fingerprint density at radius 2 is 1.75 bits per heavy atom. The normalized spacial score (nSPS) is 13.3. The molecule has 2 atom stereocenters. The number of hydrogen-bond acceptors (Lipinski definition) is 4. The molecule has 0 fully saturated rings. The van der Waals surface area contributed by atoms with E-state index in [0.717, 1.165) is 0 Å². The van der Waals surface area contributed by atoms with Gasteiger partial charge in [-0.15, -0.1) is 0 Å². The van der Waals surface area contributed by atoms with E-state index in [-0.39, 0.29) is 31.3 Å². The summed E-state index contributed by atoms with van der Waals surface area (Å²) in [6.07, 6.45) is 1.06. The Kier molecular flexibility index (Phi) is 9.36. The van der Waals surface area contributed by atoms with E-state index in [1.807, 2.05) is 6.92 Å². The number of nitrogens with one attached hydrogen (secondary N) is 2. The third-order valence-electron chi connectivity index (χ3n) is 3.03. The molecule has 7 heteroatoms. The van der Waals surface area contributed by atoms with E-state index in [4.69, 9.17) is 10.2 Å². The van der Waals surface area contributed by atoms with Crippen molar-refractivity contribution in [1.82, 2.24) is 10.6 Å². The van der Waals surface area contributed by atoms with E-state index in [9.17, 15) is 14.4 Å². The van der Waals surface area contributed by atoms with Crippen LogP contribution in [0.5, 0.6) is 0 Å². The van der Waals surface area contributed by atoms with Crippen LogP contribution < -0.4 is 10.6 Å². The lowest BCUT2D eigenvalue weighted by atomic mass is 9.99. The first-order valence-electron chi connectivity index (χ1n) is 6.82. The van der Waals surface area contributed by atoms with Gasteiger partial charge in [-0.2, -0.15) is 0 Å². The molecule has 20 heavy (non-hydrogen) atoms. The monoisotopic (exact) mass is 288 g/mol. The topological polar surface area (TPSA) is 116 Å². The minimum Gasteiger partial charge on any atom is -0.480 e. The van der Waals surface area contributed by atoms with Crippen molar-refractivity contribution in [2.45, 2.75) is 45.6 Å². The number of carboxylic acid groups (broad SMARTS) is 1. The van der Waals surface area contributed by atoms with Gasteiger partial charge in [0.2, 0.25) is 11.8 Å². The van der Waals surface area contributed by atoms with Gasteiger partial charge in [-0.05, 0) is 12.3 Å². The summed E-state index contributed by atoms with van der Waals surface area (Å²) in [5.74, 6) is -1.98. The Morgan fingerprint density at radius 3 is 2.25 bits per heavy atom. The Morgan fingerprint density at radius 1 is 1.15 bits per heavy atom. The smallest absolute Gasteiger partial charge is 0.326 e. The summed E-state index contributed by atoms with van der Waals surface area (Å²) in [5, 5.41) is 22.6. The molecule has 0 radical (unpaired) electrons. The molecule has 0 aliphatic carbocycles. The summed E-state index contributed by atoms with van der Waals surface area (Å²) in [6.45, 7) is 3.96. The number of carbonyl (C=O) groups excluding carboxylic acids is 2. The highest BCUT2D eigenvalue weighted by atomic mass is 16.4. The van der Waals surface area contributed by atoms with Gasteiger partial charge < -0.3 is 20.8 Å². The van der Waals surface area contributed by atoms with Crippen molar-refractivity contribution >= 4 is 17.8 Å². The predicted octanol–water partition coefficient (Wildman–Crippen LogP) is -0.119. The van der Waals surface area contributed by atoms with Crippen molar-refractivity contribution in [2.75, 3.05) is 13.2 Å². The molecule has 0 bridgehead atoms. The average Bonchev–Trinajstić information content (AvgIpc) is 2.41. The van der Waals surface area contributed by atoms with Crippen molar-refractivity contribution in [3.05, 3.63) is 0 Å². The zero-order valence-electron chi connectivity index (χ0n) is 12.0. The Bertz CT molecular complexity index is 333. The van der Waals surface area contributed by atoms with E-state index in [0.29, 0.717) is 19.4 Å². The summed E-state index contributed by atoms with van der Waals surface area (Å²) in [7, 11) is 0. The van der Waals surface area contributed by atoms with Gasteiger partial charge in [-0.3, -0.25) is 9.59 Å². The highest BCUT2D eigenvalue weighted by Gasteiger charge is 2.25. The second kappa shape index (κ2) is 10.2. The van der Waals surface area contributed by atoms with Crippen LogP contribution in [0.1, 0.15) is 39.5 Å². The molecule has 0 aromatic carbocycles. The van der Waals surface area contributed by atoms with Crippen molar-refractivity contribution in [3.63, 3.8) is 0 Å². The van der Waals surface area contributed by atoms with Gasteiger partial charge in [0.25, 0.3) is 0 Å². The van der Waals surface area contributed by atoms with E-state index in [1.165, 1.54) is 0 Å². The fourth-order valence-corrected chi connectivity index (χ4v) is 1.55. The Hall–Kier alpha value is -1.63. The maximum atomic E-state index is 11.6. The maximum Gasteiger partial charge on any atom is 0.326 e. The molecule has 4 N–H and O–H groups in total. The van der Waals surface area contributed by atoms with Crippen LogP contribution in [0.4, 0.5) is 0 Å². The molecule has 116 valence electrons. The van der Waals surface area contributed by atoms with Crippen LogP contribution in [0.3, 0.4) is 0 Å². The molecule has 0 aromatic rings. The number of aliphatic hydroxyl groups is 1. The molecule has 0 heterocycles. The van der Waals surface area contributed by atoms with Gasteiger partial charge in [-0.25, -0.2) is 4.79 Å². The lowest BCUT2D eigenvalue weighted by Crippen LogP contribution is -2.45. The number of rotatable bonds is 10. The highest BCUT2D eigenvalue weighted by Crippen LogP contribution is 2.08. The number of aliphatic carboxylic acids is 1. The average molecular weight is 288 g/mol. The van der Waals surface area contributed by atoms with E-state index in [2.05, 4.69) is 10.6 Å². The number of amides is 2. The number of carboxylic acids is 1. The fraction of sp³-hybridized carbons (Fsp3) is 0.769. The molecular formula is C13H24N2O5. The molecule has 0 aliphatic heterocycles. The first-order chi connectivity index (χ1) is 9.42. The highest BCUT2D eigenvalue weighted by molar-refractivity contribution is 5.87. The first-order valence-corrected chi connectivity index (χ1v) is 6.82. The van der Waals surface area contributed by atoms with Crippen LogP contribution in [-0.4, -0.2) is 47.2 Å². The first kappa shape index (κ1) is 18.4. The largest absolute Gasteiger partial charge is 0.480 e.